The first-order chi connectivity index (χ1) is 66.8. The summed E-state index contributed by atoms with van der Waals surface area (Å²) in [6.07, 6.45) is 0. The summed E-state index contributed by atoms with van der Waals surface area (Å²) in [5.74, 6) is 0. The Morgan fingerprint density at radius 2 is 0.393 bits per heavy atom. The van der Waals surface area contributed by atoms with Gasteiger partial charge in [-0.1, -0.05) is 431 Å². The lowest BCUT2D eigenvalue weighted by atomic mass is 9.67. The lowest BCUT2D eigenvalue weighted by molar-refractivity contribution is 0.669. The molecule has 4 aliphatic rings. The predicted octanol–water partition coefficient (Wildman–Crippen LogP) is 33.9. The van der Waals surface area contributed by atoms with Gasteiger partial charge in [0.15, 0.2) is 0 Å². The highest BCUT2D eigenvalue weighted by Gasteiger charge is 2.50. The maximum atomic E-state index is 6.52. The van der Waals surface area contributed by atoms with Crippen molar-refractivity contribution < 1.29 is 8.83 Å². The van der Waals surface area contributed by atoms with Crippen molar-refractivity contribution in [3.8, 4) is 66.8 Å². The van der Waals surface area contributed by atoms with Crippen LogP contribution in [0, 0.1) is 0 Å². The van der Waals surface area contributed by atoms with Gasteiger partial charge in [0.1, 0.15) is 22.3 Å². The number of hydrogen-bond donors (Lipinski definition) is 0. The van der Waals surface area contributed by atoms with Gasteiger partial charge in [-0.3, -0.25) is 0 Å². The summed E-state index contributed by atoms with van der Waals surface area (Å²) in [6.45, 7) is 2.39. The molecule has 27 rings (SSSR count). The molecule has 4 heteroatoms. The molecule has 0 aliphatic heterocycles. The maximum absolute atomic E-state index is 6.52. The van der Waals surface area contributed by atoms with Crippen LogP contribution in [0.5, 0.6) is 0 Å². The van der Waals surface area contributed by atoms with E-state index in [0.29, 0.717) is 0 Å². The van der Waals surface area contributed by atoms with Crippen molar-refractivity contribution in [3.05, 3.63) is 599 Å². The normalized spacial score (nSPS) is 14.5. The minimum atomic E-state index is -0.488. The van der Waals surface area contributed by atoms with Gasteiger partial charge in [-0.2, -0.15) is 0 Å². The Balaban J connectivity index is 0.000000141. The standard InChI is InChI=1S/C68H45NO.C63H43NO/c1-3-18-47(19-4-1)67(61-29-12-7-22-55(61)56-23-8-13-30-62(56)67)49-36-42-52(43-37-49)69(51-40-34-46(35-41-51)54-27-17-28-60-59-26-11-16-33-65(59)70-66(54)60)53-44-38-50(39-45-53)68(48-20-5-2-6-21-48)63-31-14-9-24-57(63)58-25-10-15-32-64(58)68;1-62(43-17-4-2-5-18-43)56-27-12-8-21-50(56)53-40-39-48(41-59(53)62)64(46-35-31-42(32-36-46)49-25-16-26-55-54-24-11-15-30-60(54)65-61(49)55)47-37-33-45(34-38-47)63(44-19-6-3-7-20-44)57-28-13-9-22-51(57)52-23-10-14-29-58(52)63/h1-45H;2-41H,1H3. The van der Waals surface area contributed by atoms with E-state index in [2.05, 4.69) is 520 Å². The molecule has 0 amide bonds. The molecular weight excluding hydrogens is 1630 g/mol. The van der Waals surface area contributed by atoms with Crippen LogP contribution in [0.25, 0.3) is 111 Å². The van der Waals surface area contributed by atoms with E-state index in [1.165, 1.54) is 128 Å². The maximum Gasteiger partial charge on any atom is 0.143 e. The monoisotopic (exact) mass is 1720 g/mol. The first kappa shape index (κ1) is 78.8. The Morgan fingerprint density at radius 3 is 0.726 bits per heavy atom. The molecule has 2 aromatic heterocycles. The van der Waals surface area contributed by atoms with E-state index in [9.17, 15) is 0 Å². The molecule has 4 aliphatic carbocycles. The van der Waals surface area contributed by atoms with Gasteiger partial charge in [-0.25, -0.2) is 0 Å². The molecular formula is C131H88N2O2. The summed E-state index contributed by atoms with van der Waals surface area (Å²) in [7, 11) is 0. The second-order valence-electron chi connectivity index (χ2n) is 36.4. The van der Waals surface area contributed by atoms with Crippen molar-refractivity contribution in [1.29, 1.82) is 0 Å². The minimum Gasteiger partial charge on any atom is -0.455 e. The van der Waals surface area contributed by atoms with E-state index < -0.39 is 16.2 Å². The van der Waals surface area contributed by atoms with Crippen LogP contribution >= 0.6 is 0 Å². The van der Waals surface area contributed by atoms with Crippen molar-refractivity contribution in [2.45, 2.75) is 28.6 Å². The largest absolute Gasteiger partial charge is 0.455 e. The van der Waals surface area contributed by atoms with E-state index in [-0.39, 0.29) is 5.41 Å². The smallest absolute Gasteiger partial charge is 0.143 e. The second-order valence-corrected chi connectivity index (χ2v) is 36.4. The molecule has 0 saturated heterocycles. The summed E-state index contributed by atoms with van der Waals surface area (Å²) in [6, 6.07) is 189. The van der Waals surface area contributed by atoms with Crippen LogP contribution in [0.15, 0.2) is 524 Å². The van der Waals surface area contributed by atoms with E-state index in [1.54, 1.807) is 0 Å². The Labute approximate surface area is 785 Å². The number of fused-ring (bicyclic) bond motifs is 18. The zero-order valence-corrected chi connectivity index (χ0v) is 74.3. The van der Waals surface area contributed by atoms with Gasteiger partial charge in [-0.15, -0.1) is 0 Å². The zero-order valence-electron chi connectivity index (χ0n) is 74.3. The Bertz CT molecular complexity index is 8210. The molecule has 1 unspecified atom stereocenters. The summed E-state index contributed by atoms with van der Waals surface area (Å²) >= 11 is 0. The summed E-state index contributed by atoms with van der Waals surface area (Å²) in [5.41, 5.74) is 42.2. The van der Waals surface area contributed by atoms with Crippen LogP contribution in [-0.2, 0) is 21.7 Å². The highest BCUT2D eigenvalue weighted by molar-refractivity contribution is 6.11. The third-order valence-corrected chi connectivity index (χ3v) is 29.7. The van der Waals surface area contributed by atoms with Crippen molar-refractivity contribution in [3.63, 3.8) is 0 Å². The molecule has 23 aromatic rings. The fraction of sp³-hybridized carbons (Fsp3) is 0.0382. The average Bonchev–Trinajstić information content (AvgIpc) is 1.56. The van der Waals surface area contributed by atoms with Crippen molar-refractivity contribution >= 4 is 78.0 Å². The Kier molecular flexibility index (Phi) is 18.4. The van der Waals surface area contributed by atoms with Gasteiger partial charge in [-0.05, 0) is 231 Å². The van der Waals surface area contributed by atoms with Gasteiger partial charge in [0.25, 0.3) is 0 Å². The number of hydrogen-bond acceptors (Lipinski definition) is 4. The molecule has 0 bridgehead atoms. The first-order valence-electron chi connectivity index (χ1n) is 46.8. The molecule has 0 radical (unpaired) electrons. The first-order valence-corrected chi connectivity index (χ1v) is 46.8. The fourth-order valence-corrected chi connectivity index (χ4v) is 23.8. The summed E-state index contributed by atoms with van der Waals surface area (Å²) < 4.78 is 13.0. The van der Waals surface area contributed by atoms with Gasteiger partial charge >= 0.3 is 0 Å². The van der Waals surface area contributed by atoms with E-state index in [1.807, 2.05) is 12.1 Å². The van der Waals surface area contributed by atoms with Crippen LogP contribution in [-0.4, -0.2) is 0 Å². The molecule has 1 atom stereocenters. The van der Waals surface area contributed by atoms with Crippen molar-refractivity contribution in [1.82, 2.24) is 0 Å². The molecule has 0 saturated carbocycles. The van der Waals surface area contributed by atoms with Crippen molar-refractivity contribution in [2.75, 3.05) is 9.80 Å². The zero-order chi connectivity index (χ0) is 89.3. The molecule has 4 nitrogen and oxygen atoms in total. The number of rotatable bonds is 15. The van der Waals surface area contributed by atoms with Gasteiger partial charge in [0.05, 0.1) is 16.2 Å². The van der Waals surface area contributed by atoms with Gasteiger partial charge in [0.2, 0.25) is 0 Å². The van der Waals surface area contributed by atoms with Gasteiger partial charge < -0.3 is 18.6 Å². The Hall–Kier alpha value is -17.2. The summed E-state index contributed by atoms with van der Waals surface area (Å²) in [4.78, 5) is 4.83. The third kappa shape index (κ3) is 12.0. The topological polar surface area (TPSA) is 32.8 Å². The van der Waals surface area contributed by atoms with E-state index >= 15 is 0 Å². The molecule has 0 fully saturated rings. The number of para-hydroxylation sites is 4. The minimum absolute atomic E-state index is 0.334. The van der Waals surface area contributed by atoms with Crippen LogP contribution in [0.1, 0.15) is 90.4 Å². The number of anilines is 6. The van der Waals surface area contributed by atoms with Crippen LogP contribution in [0.2, 0.25) is 0 Å². The fourth-order valence-electron chi connectivity index (χ4n) is 23.8. The number of furan rings is 2. The molecule has 634 valence electrons. The quantitative estimate of drug-likeness (QED) is 0.102. The predicted molar refractivity (Wildman–Crippen MR) is 557 cm³/mol. The molecule has 0 N–H and O–H groups in total. The number of benzene rings is 21. The SMILES string of the molecule is CC1(c2ccccc2)c2ccccc2-c2ccc(N(c3ccc(-c4cccc5c4oc4ccccc45)cc3)c3ccc(C4(c5ccccc5)c5ccccc5-c5ccccc54)cc3)cc21.c1ccc(C2(c3ccc(N(c4ccc(-c5cccc6c5oc5ccccc56)cc4)c4ccc(C5(c6ccccc6)c6ccccc6-c6ccccc65)cc4)cc3)c3ccccc3-c3ccccc32)cc1. The Morgan fingerprint density at radius 1 is 0.163 bits per heavy atom. The number of nitrogens with zero attached hydrogens (tertiary/aromatic N) is 2. The second kappa shape index (κ2) is 31.6. The highest BCUT2D eigenvalue weighted by atomic mass is 16.3. The summed E-state index contributed by atoms with van der Waals surface area (Å²) in [5, 5.41) is 4.52. The highest BCUT2D eigenvalue weighted by Crippen LogP contribution is 2.62. The van der Waals surface area contributed by atoms with Gasteiger partial charge in [0, 0.05) is 72.2 Å². The molecule has 0 spiro atoms. The van der Waals surface area contributed by atoms with E-state index in [4.69, 9.17) is 8.83 Å². The molecule has 135 heavy (non-hydrogen) atoms. The molecule has 21 aromatic carbocycles. The van der Waals surface area contributed by atoms with Crippen LogP contribution in [0.3, 0.4) is 0 Å². The lowest BCUT2D eigenvalue weighted by Gasteiger charge is -2.35. The average molecular weight is 1720 g/mol. The van der Waals surface area contributed by atoms with Crippen molar-refractivity contribution in [2.24, 2.45) is 0 Å². The van der Waals surface area contributed by atoms with Crippen LogP contribution in [0.4, 0.5) is 34.1 Å². The molecule has 2 heterocycles. The van der Waals surface area contributed by atoms with E-state index in [0.717, 1.165) is 100 Å². The third-order valence-electron chi connectivity index (χ3n) is 29.7. The van der Waals surface area contributed by atoms with Crippen LogP contribution < -0.4 is 9.80 Å². The lowest BCUT2D eigenvalue weighted by Crippen LogP contribution is -2.28.